The van der Waals surface area contributed by atoms with Crippen molar-refractivity contribution in [2.45, 2.75) is 31.8 Å². The van der Waals surface area contributed by atoms with E-state index in [9.17, 15) is 9.59 Å². The van der Waals surface area contributed by atoms with E-state index in [1.165, 1.54) is 5.56 Å². The largest absolute Gasteiger partial charge is 0.376 e. The molecule has 1 saturated heterocycles. The minimum atomic E-state index is -0.167. The first-order valence-corrected chi connectivity index (χ1v) is 9.62. The van der Waals surface area contributed by atoms with Crippen molar-refractivity contribution >= 4 is 17.5 Å². The Hall–Kier alpha value is -2.66. The summed E-state index contributed by atoms with van der Waals surface area (Å²) in [5.74, 6) is -0.227. The predicted molar refractivity (Wildman–Crippen MR) is 104 cm³/mol. The summed E-state index contributed by atoms with van der Waals surface area (Å²) in [6.45, 7) is 1.98. The van der Waals surface area contributed by atoms with Crippen molar-refractivity contribution in [2.75, 3.05) is 24.6 Å². The third-order valence-corrected chi connectivity index (χ3v) is 5.24. The van der Waals surface area contributed by atoms with E-state index in [2.05, 4.69) is 11.4 Å². The Morgan fingerprint density at radius 3 is 2.78 bits per heavy atom. The van der Waals surface area contributed by atoms with Gasteiger partial charge in [0.1, 0.15) is 0 Å². The molecule has 2 aromatic carbocycles. The van der Waals surface area contributed by atoms with Crippen LogP contribution < -0.4 is 10.2 Å². The molecule has 0 radical (unpaired) electrons. The molecule has 1 N–H and O–H groups in total. The van der Waals surface area contributed by atoms with Gasteiger partial charge in [-0.15, -0.1) is 0 Å². The highest BCUT2D eigenvalue weighted by molar-refractivity contribution is 6.08. The zero-order valence-electron chi connectivity index (χ0n) is 15.3. The van der Waals surface area contributed by atoms with Gasteiger partial charge < -0.3 is 15.0 Å². The molecule has 4 rings (SSSR count). The van der Waals surface area contributed by atoms with Crippen LogP contribution in [0.3, 0.4) is 0 Å². The maximum atomic E-state index is 13.1. The van der Waals surface area contributed by atoms with Crippen molar-refractivity contribution in [3.63, 3.8) is 0 Å². The molecule has 2 amide bonds. The van der Waals surface area contributed by atoms with E-state index in [-0.39, 0.29) is 17.9 Å². The molecular formula is C22H24N2O3. The standard InChI is InChI=1S/C22H24N2O3/c25-21(23-15-19-10-5-13-27-19)17-7-3-8-18(14-17)22(26)24-12-4-9-16-6-1-2-11-20(16)24/h1-3,6-8,11,14,19H,4-5,9-10,12-13,15H2,(H,23,25). The zero-order valence-corrected chi connectivity index (χ0v) is 15.3. The van der Waals surface area contributed by atoms with Gasteiger partial charge in [-0.3, -0.25) is 9.59 Å². The van der Waals surface area contributed by atoms with Crippen LogP contribution in [-0.4, -0.2) is 37.6 Å². The molecule has 2 heterocycles. The fourth-order valence-corrected chi connectivity index (χ4v) is 3.81. The van der Waals surface area contributed by atoms with Gasteiger partial charge in [-0.1, -0.05) is 24.3 Å². The maximum absolute atomic E-state index is 13.1. The number of nitrogens with one attached hydrogen (secondary N) is 1. The van der Waals surface area contributed by atoms with Crippen molar-refractivity contribution in [3.05, 3.63) is 65.2 Å². The van der Waals surface area contributed by atoms with Crippen LogP contribution >= 0.6 is 0 Å². The number of nitrogens with zero attached hydrogens (tertiary/aromatic N) is 1. The molecule has 140 valence electrons. The number of carbonyl (C=O) groups excluding carboxylic acids is 2. The van der Waals surface area contributed by atoms with Gasteiger partial charge >= 0.3 is 0 Å². The number of hydrogen-bond acceptors (Lipinski definition) is 3. The zero-order chi connectivity index (χ0) is 18.6. The lowest BCUT2D eigenvalue weighted by Crippen LogP contribution is -2.36. The fraction of sp³-hybridized carbons (Fsp3) is 0.364. The molecule has 1 atom stereocenters. The van der Waals surface area contributed by atoms with E-state index < -0.39 is 0 Å². The van der Waals surface area contributed by atoms with Crippen LogP contribution in [0.2, 0.25) is 0 Å². The summed E-state index contributed by atoms with van der Waals surface area (Å²) in [4.78, 5) is 27.4. The second-order valence-electron chi connectivity index (χ2n) is 7.11. The van der Waals surface area contributed by atoms with E-state index in [0.29, 0.717) is 24.2 Å². The van der Waals surface area contributed by atoms with Crippen LogP contribution in [0, 0.1) is 0 Å². The Morgan fingerprint density at radius 1 is 1.07 bits per heavy atom. The Balaban J connectivity index is 1.49. The Labute approximate surface area is 159 Å². The number of rotatable bonds is 4. The Kier molecular flexibility index (Phi) is 5.21. The van der Waals surface area contributed by atoms with Crippen molar-refractivity contribution in [3.8, 4) is 0 Å². The number of benzene rings is 2. The van der Waals surface area contributed by atoms with Gasteiger partial charge in [0.2, 0.25) is 0 Å². The monoisotopic (exact) mass is 364 g/mol. The number of fused-ring (bicyclic) bond motifs is 1. The molecule has 0 saturated carbocycles. The minimum Gasteiger partial charge on any atom is -0.376 e. The van der Waals surface area contributed by atoms with Gasteiger partial charge in [-0.05, 0) is 55.5 Å². The molecule has 0 aromatic heterocycles. The molecule has 2 aliphatic heterocycles. The normalized spacial score (nSPS) is 18.8. The van der Waals surface area contributed by atoms with E-state index in [1.54, 1.807) is 24.3 Å². The lowest BCUT2D eigenvalue weighted by molar-refractivity contribution is 0.0858. The third-order valence-electron chi connectivity index (χ3n) is 5.24. The average Bonchev–Trinajstić information content (AvgIpc) is 3.25. The van der Waals surface area contributed by atoms with Gasteiger partial charge in [-0.25, -0.2) is 0 Å². The smallest absolute Gasteiger partial charge is 0.258 e. The van der Waals surface area contributed by atoms with Crippen molar-refractivity contribution < 1.29 is 14.3 Å². The van der Waals surface area contributed by atoms with Gasteiger partial charge in [0, 0.05) is 36.5 Å². The Morgan fingerprint density at radius 2 is 1.93 bits per heavy atom. The second-order valence-corrected chi connectivity index (χ2v) is 7.11. The Bertz CT molecular complexity index is 843. The van der Waals surface area contributed by atoms with Gasteiger partial charge in [0.25, 0.3) is 11.8 Å². The summed E-state index contributed by atoms with van der Waals surface area (Å²) in [6, 6.07) is 15.0. The van der Waals surface area contributed by atoms with E-state index in [1.807, 2.05) is 23.1 Å². The second kappa shape index (κ2) is 7.92. The summed E-state index contributed by atoms with van der Waals surface area (Å²) in [6.07, 6.45) is 4.06. The molecule has 1 fully saturated rings. The van der Waals surface area contributed by atoms with Crippen molar-refractivity contribution in [1.82, 2.24) is 5.32 Å². The minimum absolute atomic E-state index is 0.0593. The first-order chi connectivity index (χ1) is 13.2. The van der Waals surface area contributed by atoms with Crippen LogP contribution in [0.15, 0.2) is 48.5 Å². The SMILES string of the molecule is O=C(NCC1CCCO1)c1cccc(C(=O)N2CCCc3ccccc32)c1. The molecule has 2 aromatic rings. The number of hydrogen-bond donors (Lipinski definition) is 1. The number of ether oxygens (including phenoxy) is 1. The topological polar surface area (TPSA) is 58.6 Å². The maximum Gasteiger partial charge on any atom is 0.258 e. The number of carbonyl (C=O) groups is 2. The summed E-state index contributed by atoms with van der Waals surface area (Å²) >= 11 is 0. The first kappa shape index (κ1) is 17.7. The molecule has 5 heteroatoms. The van der Waals surface area contributed by atoms with E-state index in [4.69, 9.17) is 4.74 Å². The van der Waals surface area contributed by atoms with Crippen LogP contribution in [0.1, 0.15) is 45.5 Å². The third kappa shape index (κ3) is 3.88. The number of amides is 2. The first-order valence-electron chi connectivity index (χ1n) is 9.62. The molecule has 2 aliphatic rings. The average molecular weight is 364 g/mol. The summed E-state index contributed by atoms with van der Waals surface area (Å²) in [7, 11) is 0. The van der Waals surface area contributed by atoms with Gasteiger partial charge in [-0.2, -0.15) is 0 Å². The molecule has 27 heavy (non-hydrogen) atoms. The summed E-state index contributed by atoms with van der Waals surface area (Å²) in [5, 5.41) is 2.91. The van der Waals surface area contributed by atoms with Gasteiger partial charge in [0.15, 0.2) is 0 Å². The number of anilines is 1. The highest BCUT2D eigenvalue weighted by Crippen LogP contribution is 2.28. The van der Waals surface area contributed by atoms with E-state index >= 15 is 0 Å². The lowest BCUT2D eigenvalue weighted by atomic mass is 10.0. The summed E-state index contributed by atoms with van der Waals surface area (Å²) < 4.78 is 5.54. The van der Waals surface area contributed by atoms with Gasteiger partial charge in [0.05, 0.1) is 6.10 Å². The van der Waals surface area contributed by atoms with E-state index in [0.717, 1.165) is 38.0 Å². The quantitative estimate of drug-likeness (QED) is 0.906. The van der Waals surface area contributed by atoms with Crippen LogP contribution in [0.5, 0.6) is 0 Å². The highest BCUT2D eigenvalue weighted by Gasteiger charge is 2.24. The predicted octanol–water partition coefficient (Wildman–Crippen LogP) is 3.19. The van der Waals surface area contributed by atoms with Crippen molar-refractivity contribution in [1.29, 1.82) is 0 Å². The number of aryl methyl sites for hydroxylation is 1. The molecule has 0 aliphatic carbocycles. The lowest BCUT2D eigenvalue weighted by Gasteiger charge is -2.29. The summed E-state index contributed by atoms with van der Waals surface area (Å²) in [5.41, 5.74) is 3.21. The molecule has 0 spiro atoms. The molecule has 5 nitrogen and oxygen atoms in total. The number of para-hydroxylation sites is 1. The van der Waals surface area contributed by atoms with Crippen LogP contribution in [-0.2, 0) is 11.2 Å². The highest BCUT2D eigenvalue weighted by atomic mass is 16.5. The molecule has 1 unspecified atom stereocenters. The van der Waals surface area contributed by atoms with Crippen LogP contribution in [0.4, 0.5) is 5.69 Å². The molecular weight excluding hydrogens is 340 g/mol. The fourth-order valence-electron chi connectivity index (χ4n) is 3.81. The van der Waals surface area contributed by atoms with Crippen LogP contribution in [0.25, 0.3) is 0 Å². The molecule has 0 bridgehead atoms. The van der Waals surface area contributed by atoms with Crippen molar-refractivity contribution in [2.24, 2.45) is 0 Å².